The van der Waals surface area contributed by atoms with E-state index >= 15 is 0 Å². The number of carbonyl (C=O) groups excluding carboxylic acids is 1. The fourth-order valence-corrected chi connectivity index (χ4v) is 3.75. The van der Waals surface area contributed by atoms with Gasteiger partial charge in [0.25, 0.3) is 5.91 Å². The normalized spacial score (nSPS) is 16.2. The summed E-state index contributed by atoms with van der Waals surface area (Å²) in [6.45, 7) is 8.52. The lowest BCUT2D eigenvalue weighted by Gasteiger charge is -2.29. The maximum Gasteiger partial charge on any atom is 0.263 e. The van der Waals surface area contributed by atoms with Gasteiger partial charge in [0.2, 0.25) is 10.0 Å². The minimum absolute atomic E-state index is 0.106. The van der Waals surface area contributed by atoms with Gasteiger partial charge < -0.3 is 19.1 Å². The van der Waals surface area contributed by atoms with E-state index in [2.05, 4.69) is 4.72 Å². The van der Waals surface area contributed by atoms with Crippen LogP contribution in [0.5, 0.6) is 5.75 Å². The second-order valence-electron chi connectivity index (χ2n) is 6.84. The number of hydrogen-bond donors (Lipinski definition) is 1. The molecule has 1 aromatic carbocycles. The van der Waals surface area contributed by atoms with E-state index in [9.17, 15) is 13.2 Å². The minimum Gasteiger partial charge on any atom is -0.481 e. The monoisotopic (exact) mass is 414 g/mol. The van der Waals surface area contributed by atoms with Gasteiger partial charge in [0, 0.05) is 26.2 Å². The molecule has 1 fully saturated rings. The van der Waals surface area contributed by atoms with Gasteiger partial charge in [0.05, 0.1) is 24.2 Å². The van der Waals surface area contributed by atoms with Gasteiger partial charge in [0.1, 0.15) is 5.75 Å². The summed E-state index contributed by atoms with van der Waals surface area (Å²) >= 11 is 0. The zero-order valence-corrected chi connectivity index (χ0v) is 17.5. The van der Waals surface area contributed by atoms with Gasteiger partial charge in [0.15, 0.2) is 6.10 Å². The van der Waals surface area contributed by atoms with Crippen molar-refractivity contribution in [3.63, 3.8) is 0 Å². The van der Waals surface area contributed by atoms with E-state index in [1.165, 1.54) is 12.1 Å². The molecule has 0 radical (unpaired) electrons. The largest absolute Gasteiger partial charge is 0.481 e. The molecule has 0 aromatic heterocycles. The van der Waals surface area contributed by atoms with E-state index < -0.39 is 16.1 Å². The van der Waals surface area contributed by atoms with Gasteiger partial charge in [-0.05, 0) is 51.5 Å². The minimum atomic E-state index is -3.59. The molecule has 1 heterocycles. The summed E-state index contributed by atoms with van der Waals surface area (Å²) in [5.41, 5.74) is 0. The highest BCUT2D eigenvalue weighted by molar-refractivity contribution is 7.89. The maximum absolute atomic E-state index is 12.4. The van der Waals surface area contributed by atoms with Crippen molar-refractivity contribution in [3.05, 3.63) is 24.3 Å². The molecule has 1 aromatic rings. The Morgan fingerprint density at radius 3 is 2.43 bits per heavy atom. The lowest BCUT2D eigenvalue weighted by Crippen LogP contribution is -2.46. The number of morpholine rings is 1. The summed E-state index contributed by atoms with van der Waals surface area (Å²) in [7, 11) is -3.59. The summed E-state index contributed by atoms with van der Waals surface area (Å²) in [6.07, 6.45) is 0.0704. The van der Waals surface area contributed by atoms with E-state index in [1.54, 1.807) is 24.0 Å². The Hall–Kier alpha value is -1.68. The molecule has 0 aliphatic carbocycles. The van der Waals surface area contributed by atoms with E-state index in [0.29, 0.717) is 51.6 Å². The van der Waals surface area contributed by atoms with Crippen LogP contribution in [0.25, 0.3) is 0 Å². The van der Waals surface area contributed by atoms with Gasteiger partial charge in [-0.25, -0.2) is 13.1 Å². The third-order valence-corrected chi connectivity index (χ3v) is 5.66. The molecule has 0 bridgehead atoms. The molecule has 28 heavy (non-hydrogen) atoms. The van der Waals surface area contributed by atoms with Crippen LogP contribution in [-0.4, -0.2) is 70.9 Å². The van der Waals surface area contributed by atoms with Crippen molar-refractivity contribution >= 4 is 15.9 Å². The SMILES string of the molecule is CC(C)OCCCNS(=O)(=O)c1ccc(O[C@H](C)C(=O)N2CCOCC2)cc1. The maximum atomic E-state index is 12.4. The van der Waals surface area contributed by atoms with Gasteiger partial charge in [-0.15, -0.1) is 0 Å². The first-order valence-electron chi connectivity index (χ1n) is 9.54. The third-order valence-electron chi connectivity index (χ3n) is 4.18. The molecule has 1 N–H and O–H groups in total. The molecule has 1 aliphatic rings. The van der Waals surface area contributed by atoms with E-state index in [4.69, 9.17) is 14.2 Å². The number of amides is 1. The zero-order valence-electron chi connectivity index (χ0n) is 16.7. The second kappa shape index (κ2) is 10.8. The lowest BCUT2D eigenvalue weighted by atomic mass is 10.3. The highest BCUT2D eigenvalue weighted by Gasteiger charge is 2.24. The van der Waals surface area contributed by atoms with Crippen LogP contribution >= 0.6 is 0 Å². The van der Waals surface area contributed by atoms with Crippen molar-refractivity contribution < 1.29 is 27.4 Å². The predicted octanol–water partition coefficient (Wildman–Crippen LogP) is 1.41. The van der Waals surface area contributed by atoms with Crippen LogP contribution in [0.4, 0.5) is 0 Å². The number of sulfonamides is 1. The molecule has 1 saturated heterocycles. The molecule has 8 nitrogen and oxygen atoms in total. The number of nitrogens with zero attached hydrogens (tertiary/aromatic N) is 1. The fraction of sp³-hybridized carbons (Fsp3) is 0.632. The molecule has 0 spiro atoms. The number of ether oxygens (including phenoxy) is 3. The highest BCUT2D eigenvalue weighted by atomic mass is 32.2. The molecule has 1 aliphatic heterocycles. The molecular weight excluding hydrogens is 384 g/mol. The first-order chi connectivity index (χ1) is 13.3. The lowest BCUT2D eigenvalue weighted by molar-refractivity contribution is -0.142. The van der Waals surface area contributed by atoms with Crippen molar-refractivity contribution in [2.75, 3.05) is 39.5 Å². The highest BCUT2D eigenvalue weighted by Crippen LogP contribution is 2.18. The summed E-state index contributed by atoms with van der Waals surface area (Å²) in [5.74, 6) is 0.337. The summed E-state index contributed by atoms with van der Waals surface area (Å²) in [5, 5.41) is 0. The number of benzene rings is 1. The number of hydrogen-bond acceptors (Lipinski definition) is 6. The van der Waals surface area contributed by atoms with Gasteiger partial charge in [-0.2, -0.15) is 0 Å². The van der Waals surface area contributed by atoms with Crippen molar-refractivity contribution in [1.82, 2.24) is 9.62 Å². The Morgan fingerprint density at radius 1 is 1.18 bits per heavy atom. The first kappa shape index (κ1) is 22.6. The van der Waals surface area contributed by atoms with Crippen molar-refractivity contribution in [2.45, 2.75) is 44.3 Å². The average molecular weight is 415 g/mol. The Bertz CT molecular complexity index is 714. The second-order valence-corrected chi connectivity index (χ2v) is 8.61. The molecule has 158 valence electrons. The van der Waals surface area contributed by atoms with E-state index in [1.807, 2.05) is 13.8 Å². The Balaban J connectivity index is 1.85. The van der Waals surface area contributed by atoms with E-state index in [-0.39, 0.29) is 16.9 Å². The molecular formula is C19H30N2O6S. The Labute approximate surface area is 167 Å². The quantitative estimate of drug-likeness (QED) is 0.582. The number of rotatable bonds is 10. The summed E-state index contributed by atoms with van der Waals surface area (Å²) in [6, 6.07) is 6.04. The van der Waals surface area contributed by atoms with Crippen molar-refractivity contribution in [3.8, 4) is 5.75 Å². The Morgan fingerprint density at radius 2 is 1.82 bits per heavy atom. The number of carbonyl (C=O) groups is 1. The fourth-order valence-electron chi connectivity index (χ4n) is 2.67. The summed E-state index contributed by atoms with van der Waals surface area (Å²) < 4.78 is 43.5. The molecule has 9 heteroatoms. The van der Waals surface area contributed by atoms with Crippen LogP contribution in [-0.2, 0) is 24.3 Å². The Kier molecular flexibility index (Phi) is 8.68. The van der Waals surface area contributed by atoms with Crippen molar-refractivity contribution in [2.24, 2.45) is 0 Å². The standard InChI is InChI=1S/C19H30N2O6S/c1-15(2)26-12-4-9-20-28(23,24)18-7-5-17(6-8-18)27-16(3)19(22)21-10-13-25-14-11-21/h5-8,15-16,20H,4,9-14H2,1-3H3/t16-/m1/s1. The smallest absolute Gasteiger partial charge is 0.263 e. The molecule has 1 atom stereocenters. The molecule has 0 unspecified atom stereocenters. The van der Waals surface area contributed by atoms with Crippen LogP contribution in [0.15, 0.2) is 29.2 Å². The van der Waals surface area contributed by atoms with Gasteiger partial charge in [-0.3, -0.25) is 4.79 Å². The first-order valence-corrected chi connectivity index (χ1v) is 11.0. The van der Waals surface area contributed by atoms with Crippen LogP contribution in [0, 0.1) is 0 Å². The predicted molar refractivity (Wildman–Crippen MR) is 105 cm³/mol. The van der Waals surface area contributed by atoms with Crippen LogP contribution in [0.1, 0.15) is 27.2 Å². The number of nitrogens with one attached hydrogen (secondary N) is 1. The average Bonchev–Trinajstić information content (AvgIpc) is 2.68. The van der Waals surface area contributed by atoms with Gasteiger partial charge >= 0.3 is 0 Å². The van der Waals surface area contributed by atoms with Crippen LogP contribution < -0.4 is 9.46 Å². The molecule has 2 rings (SSSR count). The molecule has 1 amide bonds. The summed E-state index contributed by atoms with van der Waals surface area (Å²) in [4.78, 5) is 14.2. The molecule has 0 saturated carbocycles. The van der Waals surface area contributed by atoms with Gasteiger partial charge in [-0.1, -0.05) is 0 Å². The van der Waals surface area contributed by atoms with Crippen LogP contribution in [0.3, 0.4) is 0 Å². The topological polar surface area (TPSA) is 94.2 Å². The van der Waals surface area contributed by atoms with Crippen molar-refractivity contribution in [1.29, 1.82) is 0 Å². The zero-order chi connectivity index (χ0) is 20.6. The van der Waals surface area contributed by atoms with Crippen LogP contribution in [0.2, 0.25) is 0 Å². The third kappa shape index (κ3) is 7.05. The van der Waals surface area contributed by atoms with E-state index in [0.717, 1.165) is 0 Å².